The predicted molar refractivity (Wildman–Crippen MR) is 104 cm³/mol. The zero-order valence-corrected chi connectivity index (χ0v) is 16.6. The predicted octanol–water partition coefficient (Wildman–Crippen LogP) is 3.37. The molecule has 1 aliphatic rings. The zero-order valence-electron chi connectivity index (χ0n) is 15.0. The first-order valence-corrected chi connectivity index (χ1v) is 9.85. The molecule has 0 spiro atoms. The third-order valence-corrected chi connectivity index (χ3v) is 5.21. The molecule has 7 heteroatoms. The van der Waals surface area contributed by atoms with Crippen molar-refractivity contribution in [2.24, 2.45) is 0 Å². The largest absolute Gasteiger partial charge is 0.459 e. The molecule has 3 rings (SSSR count). The van der Waals surface area contributed by atoms with Crippen LogP contribution in [-0.4, -0.2) is 31.6 Å². The lowest BCUT2D eigenvalue weighted by atomic mass is 9.82. The van der Waals surface area contributed by atoms with Gasteiger partial charge in [-0.1, -0.05) is 28.1 Å². The normalized spacial score (nSPS) is 15.9. The van der Waals surface area contributed by atoms with E-state index in [1.807, 2.05) is 18.2 Å². The van der Waals surface area contributed by atoms with E-state index in [0.717, 1.165) is 22.9 Å². The Morgan fingerprint density at radius 1 is 1.15 bits per heavy atom. The summed E-state index contributed by atoms with van der Waals surface area (Å²) in [5.74, 6) is -0.0187. The third-order valence-electron chi connectivity index (χ3n) is 4.71. The second-order valence-corrected chi connectivity index (χ2v) is 7.51. The molecule has 1 aliphatic heterocycles. The molecule has 1 fully saturated rings. The number of carbonyl (C=O) groups is 2. The van der Waals surface area contributed by atoms with Gasteiger partial charge in [0.05, 0.1) is 11.8 Å². The molecule has 0 aliphatic carbocycles. The number of carbonyl (C=O) groups excluding carboxylic acids is 2. The SMILES string of the molecule is O=C(CCCNC(=O)c1ccco1)NC1(c2cccc(Br)c2)CCOCC1. The van der Waals surface area contributed by atoms with Gasteiger partial charge in [-0.15, -0.1) is 0 Å². The highest BCUT2D eigenvalue weighted by Gasteiger charge is 2.35. The average Bonchev–Trinajstić information content (AvgIpc) is 3.21. The zero-order chi connectivity index (χ0) is 19.1. The highest BCUT2D eigenvalue weighted by molar-refractivity contribution is 9.10. The van der Waals surface area contributed by atoms with E-state index in [-0.39, 0.29) is 17.6 Å². The topological polar surface area (TPSA) is 80.6 Å². The number of ether oxygens (including phenoxy) is 1. The van der Waals surface area contributed by atoms with Gasteiger partial charge in [0.15, 0.2) is 5.76 Å². The van der Waals surface area contributed by atoms with Gasteiger partial charge in [-0.3, -0.25) is 9.59 Å². The molecule has 6 nitrogen and oxygen atoms in total. The van der Waals surface area contributed by atoms with Gasteiger partial charge in [0.25, 0.3) is 5.91 Å². The number of benzene rings is 1. The number of hydrogen-bond acceptors (Lipinski definition) is 4. The molecule has 0 radical (unpaired) electrons. The smallest absolute Gasteiger partial charge is 0.286 e. The van der Waals surface area contributed by atoms with Crippen LogP contribution in [0, 0.1) is 0 Å². The minimum atomic E-state index is -0.406. The highest BCUT2D eigenvalue weighted by Crippen LogP contribution is 2.33. The fourth-order valence-electron chi connectivity index (χ4n) is 3.27. The highest BCUT2D eigenvalue weighted by atomic mass is 79.9. The molecule has 0 bridgehead atoms. The van der Waals surface area contributed by atoms with Crippen LogP contribution in [0.5, 0.6) is 0 Å². The lowest BCUT2D eigenvalue weighted by Crippen LogP contribution is -2.49. The maximum atomic E-state index is 12.6. The summed E-state index contributed by atoms with van der Waals surface area (Å²) >= 11 is 3.51. The summed E-state index contributed by atoms with van der Waals surface area (Å²) in [7, 11) is 0. The third kappa shape index (κ3) is 5.20. The van der Waals surface area contributed by atoms with Crippen molar-refractivity contribution in [1.29, 1.82) is 0 Å². The van der Waals surface area contributed by atoms with Gasteiger partial charge in [-0.05, 0) is 49.1 Å². The lowest BCUT2D eigenvalue weighted by Gasteiger charge is -2.38. The Kier molecular flexibility index (Phi) is 6.68. The monoisotopic (exact) mass is 434 g/mol. The van der Waals surface area contributed by atoms with Gasteiger partial charge < -0.3 is 19.8 Å². The van der Waals surface area contributed by atoms with Gasteiger partial charge in [-0.25, -0.2) is 0 Å². The molecule has 2 heterocycles. The van der Waals surface area contributed by atoms with E-state index >= 15 is 0 Å². The van der Waals surface area contributed by atoms with E-state index in [0.29, 0.717) is 32.6 Å². The van der Waals surface area contributed by atoms with E-state index in [1.165, 1.54) is 6.26 Å². The molecule has 1 aromatic heterocycles. The van der Waals surface area contributed by atoms with E-state index in [2.05, 4.69) is 32.6 Å². The van der Waals surface area contributed by atoms with Crippen LogP contribution in [0.3, 0.4) is 0 Å². The van der Waals surface area contributed by atoms with Crippen molar-refractivity contribution in [2.45, 2.75) is 31.2 Å². The van der Waals surface area contributed by atoms with Crippen LogP contribution in [-0.2, 0) is 15.1 Å². The fourth-order valence-corrected chi connectivity index (χ4v) is 3.67. The molecule has 0 saturated carbocycles. The molecular formula is C20H23BrN2O4. The van der Waals surface area contributed by atoms with Crippen LogP contribution in [0.2, 0.25) is 0 Å². The van der Waals surface area contributed by atoms with Crippen LogP contribution in [0.25, 0.3) is 0 Å². The second-order valence-electron chi connectivity index (χ2n) is 6.59. The Labute approximate surface area is 166 Å². The molecular weight excluding hydrogens is 412 g/mol. The van der Waals surface area contributed by atoms with Crippen LogP contribution in [0.1, 0.15) is 41.8 Å². The van der Waals surface area contributed by atoms with Crippen molar-refractivity contribution in [3.8, 4) is 0 Å². The van der Waals surface area contributed by atoms with E-state index in [4.69, 9.17) is 9.15 Å². The van der Waals surface area contributed by atoms with Crippen molar-refractivity contribution >= 4 is 27.7 Å². The number of amides is 2. The van der Waals surface area contributed by atoms with Crippen LogP contribution >= 0.6 is 15.9 Å². The quantitative estimate of drug-likeness (QED) is 0.654. The van der Waals surface area contributed by atoms with Crippen molar-refractivity contribution in [2.75, 3.05) is 19.8 Å². The maximum Gasteiger partial charge on any atom is 0.286 e. The van der Waals surface area contributed by atoms with E-state index < -0.39 is 5.54 Å². The summed E-state index contributed by atoms with van der Waals surface area (Å²) in [6, 6.07) is 11.3. The Hall–Kier alpha value is -2.12. The van der Waals surface area contributed by atoms with Gasteiger partial charge in [0.1, 0.15) is 0 Å². The summed E-state index contributed by atoms with van der Waals surface area (Å²) in [5, 5.41) is 5.97. The Balaban J connectivity index is 1.53. The summed E-state index contributed by atoms with van der Waals surface area (Å²) in [4.78, 5) is 24.4. The summed E-state index contributed by atoms with van der Waals surface area (Å²) < 4.78 is 11.5. The first kappa shape index (κ1) is 19.6. The van der Waals surface area contributed by atoms with Crippen molar-refractivity contribution in [3.63, 3.8) is 0 Å². The Morgan fingerprint density at radius 3 is 2.67 bits per heavy atom. The van der Waals surface area contributed by atoms with Crippen LogP contribution in [0.4, 0.5) is 0 Å². The molecule has 0 unspecified atom stereocenters. The van der Waals surface area contributed by atoms with Crippen molar-refractivity contribution in [1.82, 2.24) is 10.6 Å². The maximum absolute atomic E-state index is 12.6. The van der Waals surface area contributed by atoms with E-state index in [9.17, 15) is 9.59 Å². The summed E-state index contributed by atoms with van der Waals surface area (Å²) in [5.41, 5.74) is 0.677. The molecule has 0 atom stereocenters. The standard InChI is InChI=1S/C20H23BrN2O4/c21-16-5-1-4-15(14-16)20(8-12-26-13-9-20)23-18(24)7-2-10-22-19(25)17-6-3-11-27-17/h1,3-6,11,14H,2,7-10,12-13H2,(H,22,25)(H,23,24). The minimum Gasteiger partial charge on any atom is -0.459 e. The molecule has 1 saturated heterocycles. The van der Waals surface area contributed by atoms with E-state index in [1.54, 1.807) is 12.1 Å². The van der Waals surface area contributed by atoms with Crippen LogP contribution in [0.15, 0.2) is 51.6 Å². The first-order chi connectivity index (χ1) is 13.1. The number of hydrogen-bond donors (Lipinski definition) is 2. The van der Waals surface area contributed by atoms with Crippen molar-refractivity contribution < 1.29 is 18.7 Å². The number of nitrogens with one attached hydrogen (secondary N) is 2. The average molecular weight is 435 g/mol. The summed E-state index contributed by atoms with van der Waals surface area (Å²) in [6.07, 6.45) is 3.84. The molecule has 144 valence electrons. The number of furan rings is 1. The number of rotatable bonds is 7. The Morgan fingerprint density at radius 2 is 1.96 bits per heavy atom. The number of halogens is 1. The van der Waals surface area contributed by atoms with Crippen LogP contribution < -0.4 is 10.6 Å². The van der Waals surface area contributed by atoms with Gasteiger partial charge in [0.2, 0.25) is 5.91 Å². The van der Waals surface area contributed by atoms with Gasteiger partial charge >= 0.3 is 0 Å². The van der Waals surface area contributed by atoms with Gasteiger partial charge in [0, 0.05) is 30.7 Å². The van der Waals surface area contributed by atoms with Crippen molar-refractivity contribution in [3.05, 3.63) is 58.5 Å². The Bertz CT molecular complexity index is 770. The molecule has 2 N–H and O–H groups in total. The summed E-state index contributed by atoms with van der Waals surface area (Å²) in [6.45, 7) is 1.65. The first-order valence-electron chi connectivity index (χ1n) is 9.06. The lowest BCUT2D eigenvalue weighted by molar-refractivity contribution is -0.124. The second kappa shape index (κ2) is 9.19. The molecule has 2 amide bonds. The molecule has 1 aromatic carbocycles. The van der Waals surface area contributed by atoms with Gasteiger partial charge in [-0.2, -0.15) is 0 Å². The fraction of sp³-hybridized carbons (Fsp3) is 0.400. The minimum absolute atomic E-state index is 0.0240. The molecule has 27 heavy (non-hydrogen) atoms. The molecule has 2 aromatic rings.